The van der Waals surface area contributed by atoms with Crippen LogP contribution in [0.15, 0.2) is 252 Å². The van der Waals surface area contributed by atoms with Gasteiger partial charge in [0.15, 0.2) is 11.6 Å². The van der Waals surface area contributed by atoms with E-state index in [2.05, 4.69) is 164 Å². The molecule has 0 bridgehead atoms. The minimum absolute atomic E-state index is 0.586. The Labute approximate surface area is 399 Å². The van der Waals surface area contributed by atoms with E-state index in [0.717, 1.165) is 111 Å². The van der Waals surface area contributed by atoms with Crippen LogP contribution in [0.1, 0.15) is 0 Å². The Hall–Kier alpha value is -8.71. The van der Waals surface area contributed by atoms with Crippen LogP contribution in [-0.4, -0.2) is 19.9 Å². The second-order valence-corrected chi connectivity index (χ2v) is 17.7. The molecular formula is C62H40N4OS. The van der Waals surface area contributed by atoms with Gasteiger partial charge in [-0.15, -0.1) is 0 Å². The Balaban J connectivity index is 1.04. The first-order valence-electron chi connectivity index (χ1n) is 22.6. The molecule has 0 spiro atoms. The first-order valence-corrected chi connectivity index (χ1v) is 23.4. The van der Waals surface area contributed by atoms with Gasteiger partial charge in [-0.05, 0) is 70.3 Å². The fourth-order valence-corrected chi connectivity index (χ4v) is 9.78. The van der Waals surface area contributed by atoms with Crippen LogP contribution in [0.3, 0.4) is 0 Å². The molecule has 0 atom stereocenters. The van der Waals surface area contributed by atoms with Crippen LogP contribution in [0.4, 0.5) is 0 Å². The van der Waals surface area contributed by atoms with E-state index in [1.54, 1.807) is 11.8 Å². The summed E-state index contributed by atoms with van der Waals surface area (Å²) in [5, 5.41) is 0. The van der Waals surface area contributed by atoms with Crippen molar-refractivity contribution in [2.45, 2.75) is 9.79 Å². The first-order chi connectivity index (χ1) is 33.7. The highest BCUT2D eigenvalue weighted by molar-refractivity contribution is 7.99. The van der Waals surface area contributed by atoms with E-state index in [1.807, 2.05) is 78.9 Å². The van der Waals surface area contributed by atoms with Crippen LogP contribution in [0.5, 0.6) is 11.5 Å². The average molecular weight is 889 g/mol. The average Bonchev–Trinajstić information content (AvgIpc) is 3.43. The quantitative estimate of drug-likeness (QED) is 0.144. The van der Waals surface area contributed by atoms with Gasteiger partial charge in [0.25, 0.3) is 0 Å². The molecule has 0 amide bonds. The molecule has 0 saturated carbocycles. The van der Waals surface area contributed by atoms with Crippen LogP contribution in [-0.2, 0) is 0 Å². The molecule has 2 aromatic heterocycles. The molecule has 0 radical (unpaired) electrons. The standard InChI is InChI=1S/C62H40N4OS/c1-7-19-41(20-8-1)49-36-51(42-21-9-2-10-22-42)60-59(38-49)68-58-34-32-47(37-57(58)67-60)50-33-31-48(61-63-53(43-23-11-3-12-24-43)39-54(64-61)44-25-13-4-14-26-44)35-52(50)62-65-55(45-27-15-5-16-28-45)40-56(66-62)46-29-17-6-18-30-46/h1-40H. The lowest BCUT2D eigenvalue weighted by Crippen LogP contribution is -2.01. The summed E-state index contributed by atoms with van der Waals surface area (Å²) in [4.78, 5) is 23.3. The molecule has 3 heterocycles. The minimum atomic E-state index is 0.586. The number of aromatic nitrogens is 4. The Morgan fingerprint density at radius 2 is 0.691 bits per heavy atom. The number of hydrogen-bond acceptors (Lipinski definition) is 6. The highest BCUT2D eigenvalue weighted by Crippen LogP contribution is 2.53. The largest absolute Gasteiger partial charge is 0.454 e. The number of rotatable bonds is 9. The van der Waals surface area contributed by atoms with Crippen molar-refractivity contribution in [1.82, 2.24) is 19.9 Å². The molecule has 0 N–H and O–H groups in total. The monoisotopic (exact) mass is 888 g/mol. The van der Waals surface area contributed by atoms with Gasteiger partial charge in [0.05, 0.1) is 32.6 Å². The maximum atomic E-state index is 7.05. The number of benzene rings is 9. The summed E-state index contributed by atoms with van der Waals surface area (Å²) < 4.78 is 7.05. The molecule has 1 aliphatic heterocycles. The number of hydrogen-bond donors (Lipinski definition) is 0. The summed E-state index contributed by atoms with van der Waals surface area (Å²) in [5.74, 6) is 2.82. The Morgan fingerprint density at radius 1 is 0.265 bits per heavy atom. The van der Waals surface area contributed by atoms with E-state index in [4.69, 9.17) is 24.7 Å². The number of fused-ring (bicyclic) bond motifs is 2. The van der Waals surface area contributed by atoms with E-state index in [1.165, 1.54) is 0 Å². The second-order valence-electron chi connectivity index (χ2n) is 16.6. The van der Waals surface area contributed by atoms with Crippen molar-refractivity contribution < 1.29 is 4.74 Å². The van der Waals surface area contributed by atoms with Gasteiger partial charge in [0, 0.05) is 38.9 Å². The maximum Gasteiger partial charge on any atom is 0.161 e. The van der Waals surface area contributed by atoms with Crippen molar-refractivity contribution in [3.63, 3.8) is 0 Å². The smallest absolute Gasteiger partial charge is 0.161 e. The van der Waals surface area contributed by atoms with Crippen molar-refractivity contribution in [2.24, 2.45) is 0 Å². The molecule has 320 valence electrons. The molecule has 9 aromatic carbocycles. The SMILES string of the molecule is c1ccc(-c2cc3c(c(-c4ccccc4)c2)Oc2cc(-c4ccc(-c5nc(-c6ccccc6)cc(-c6ccccc6)n5)cc4-c4nc(-c5ccccc5)cc(-c5ccccc5)n4)ccc2S3)cc1. The van der Waals surface area contributed by atoms with Crippen LogP contribution in [0, 0.1) is 0 Å². The second kappa shape index (κ2) is 17.9. The van der Waals surface area contributed by atoms with Gasteiger partial charge in [-0.2, -0.15) is 0 Å². The van der Waals surface area contributed by atoms with Gasteiger partial charge in [0.2, 0.25) is 0 Å². The molecule has 1 aliphatic rings. The van der Waals surface area contributed by atoms with Gasteiger partial charge in [-0.3, -0.25) is 0 Å². The summed E-state index contributed by atoms with van der Waals surface area (Å²) in [7, 11) is 0. The lowest BCUT2D eigenvalue weighted by atomic mass is 9.95. The van der Waals surface area contributed by atoms with E-state index in [0.29, 0.717) is 11.6 Å². The number of nitrogens with zero attached hydrogens (tertiary/aromatic N) is 4. The first kappa shape index (κ1) is 40.8. The van der Waals surface area contributed by atoms with E-state index in [9.17, 15) is 0 Å². The predicted molar refractivity (Wildman–Crippen MR) is 277 cm³/mol. The summed E-state index contributed by atoms with van der Waals surface area (Å²) in [6.07, 6.45) is 0. The van der Waals surface area contributed by atoms with Crippen molar-refractivity contribution in [3.8, 4) is 113 Å². The molecule has 12 rings (SSSR count). The Kier molecular flexibility index (Phi) is 10.8. The molecule has 0 saturated heterocycles. The third-order valence-electron chi connectivity index (χ3n) is 12.2. The van der Waals surface area contributed by atoms with Gasteiger partial charge < -0.3 is 4.74 Å². The van der Waals surface area contributed by atoms with Crippen molar-refractivity contribution in [2.75, 3.05) is 0 Å². The third-order valence-corrected chi connectivity index (χ3v) is 13.3. The van der Waals surface area contributed by atoms with E-state index >= 15 is 0 Å². The normalized spacial score (nSPS) is 11.6. The lowest BCUT2D eigenvalue weighted by Gasteiger charge is -2.24. The van der Waals surface area contributed by atoms with Gasteiger partial charge in [0.1, 0.15) is 11.5 Å². The highest BCUT2D eigenvalue weighted by atomic mass is 32.2. The molecule has 0 aliphatic carbocycles. The van der Waals surface area contributed by atoms with Crippen molar-refractivity contribution in [1.29, 1.82) is 0 Å². The van der Waals surface area contributed by atoms with Gasteiger partial charge in [-0.25, -0.2) is 19.9 Å². The van der Waals surface area contributed by atoms with Crippen LogP contribution >= 0.6 is 11.8 Å². The molecule has 5 nitrogen and oxygen atoms in total. The van der Waals surface area contributed by atoms with E-state index in [-0.39, 0.29) is 0 Å². The zero-order valence-corrected chi connectivity index (χ0v) is 37.5. The molecule has 0 unspecified atom stereocenters. The van der Waals surface area contributed by atoms with E-state index < -0.39 is 0 Å². The molecule has 68 heavy (non-hydrogen) atoms. The fourth-order valence-electron chi connectivity index (χ4n) is 8.77. The molecule has 0 fully saturated rings. The Bertz CT molecular complexity index is 3480. The van der Waals surface area contributed by atoms with Crippen LogP contribution in [0.2, 0.25) is 0 Å². The van der Waals surface area contributed by atoms with Gasteiger partial charge in [-0.1, -0.05) is 212 Å². The zero-order chi connectivity index (χ0) is 45.2. The Morgan fingerprint density at radius 3 is 1.19 bits per heavy atom. The fraction of sp³-hybridized carbons (Fsp3) is 0. The van der Waals surface area contributed by atoms with Crippen LogP contribution < -0.4 is 4.74 Å². The predicted octanol–water partition coefficient (Wildman–Crippen LogP) is 16.5. The summed E-state index contributed by atoms with van der Waals surface area (Å²) >= 11 is 1.74. The molecule has 6 heteroatoms. The van der Waals surface area contributed by atoms with Crippen molar-refractivity contribution >= 4 is 11.8 Å². The zero-order valence-electron chi connectivity index (χ0n) is 36.7. The van der Waals surface area contributed by atoms with Crippen molar-refractivity contribution in [3.05, 3.63) is 243 Å². The number of ether oxygens (including phenoxy) is 1. The molecular weight excluding hydrogens is 849 g/mol. The minimum Gasteiger partial charge on any atom is -0.454 e. The van der Waals surface area contributed by atoms with Crippen LogP contribution in [0.25, 0.3) is 101 Å². The maximum absolute atomic E-state index is 7.05. The summed E-state index contributed by atoms with van der Waals surface area (Å²) in [6, 6.07) is 83.7. The lowest BCUT2D eigenvalue weighted by molar-refractivity contribution is 0.457. The third kappa shape index (κ3) is 8.14. The molecule has 11 aromatic rings. The summed E-state index contributed by atoms with van der Waals surface area (Å²) in [6.45, 7) is 0. The topological polar surface area (TPSA) is 60.8 Å². The highest BCUT2D eigenvalue weighted by Gasteiger charge is 2.25. The van der Waals surface area contributed by atoms with Gasteiger partial charge >= 0.3 is 0 Å². The summed E-state index contributed by atoms with van der Waals surface area (Å²) in [5.41, 5.74) is 15.4.